The van der Waals surface area contributed by atoms with Gasteiger partial charge < -0.3 is 29.0 Å². The van der Waals surface area contributed by atoms with Gasteiger partial charge >= 0.3 is 0 Å². The molecule has 12 heteroatoms. The van der Waals surface area contributed by atoms with Crippen LogP contribution in [0.25, 0.3) is 17.1 Å². The third kappa shape index (κ3) is 5.69. The summed E-state index contributed by atoms with van der Waals surface area (Å²) in [6.07, 6.45) is 0. The van der Waals surface area contributed by atoms with Gasteiger partial charge in [0.1, 0.15) is 11.6 Å². The van der Waals surface area contributed by atoms with Gasteiger partial charge in [0.25, 0.3) is 5.91 Å². The number of ether oxygens (including phenoxy) is 5. The number of nitrogens with zero attached hydrogens (tertiary/aromatic N) is 3. The number of methoxy groups -OCH3 is 5. The fraction of sp³-hybridized carbons (Fsp3) is 0.222. The van der Waals surface area contributed by atoms with E-state index in [9.17, 15) is 13.6 Å². The summed E-state index contributed by atoms with van der Waals surface area (Å²) < 4.78 is 55.7. The zero-order chi connectivity index (χ0) is 28.1. The molecule has 1 N–H and O–H groups in total. The molecule has 0 saturated carbocycles. The molecule has 4 rings (SSSR count). The lowest BCUT2D eigenvalue weighted by Gasteiger charge is -2.15. The van der Waals surface area contributed by atoms with Gasteiger partial charge in [-0.3, -0.25) is 4.79 Å². The maximum absolute atomic E-state index is 13.6. The number of carbonyl (C=O) groups excluding carboxylic acids is 1. The molecule has 0 aliphatic rings. The Morgan fingerprint density at radius 3 is 1.97 bits per heavy atom. The number of nitrogens with one attached hydrogen (secondary N) is 1. The van der Waals surface area contributed by atoms with Gasteiger partial charge in [-0.05, 0) is 42.0 Å². The maximum Gasteiger partial charge on any atom is 0.291 e. The predicted octanol–water partition coefficient (Wildman–Crippen LogP) is 4.19. The molecule has 0 saturated heterocycles. The highest BCUT2D eigenvalue weighted by atomic mass is 19.1. The Morgan fingerprint density at radius 2 is 1.41 bits per heavy atom. The van der Waals surface area contributed by atoms with Crippen LogP contribution < -0.4 is 29.0 Å². The highest BCUT2D eigenvalue weighted by Crippen LogP contribution is 2.41. The average molecular weight is 541 g/mol. The lowest BCUT2D eigenvalue weighted by Crippen LogP contribution is -2.24. The van der Waals surface area contributed by atoms with Gasteiger partial charge in [-0.25, -0.2) is 18.4 Å². The van der Waals surface area contributed by atoms with Crippen molar-refractivity contribution in [3.05, 3.63) is 71.6 Å². The number of carbonyl (C=O) groups is 1. The maximum atomic E-state index is 13.6. The molecule has 0 fully saturated rings. The lowest BCUT2D eigenvalue weighted by molar-refractivity contribution is 0.0940. The fourth-order valence-corrected chi connectivity index (χ4v) is 3.92. The second kappa shape index (κ2) is 11.7. The van der Waals surface area contributed by atoms with Gasteiger partial charge in [-0.1, -0.05) is 0 Å². The molecular weight excluding hydrogens is 514 g/mol. The smallest absolute Gasteiger partial charge is 0.291 e. The van der Waals surface area contributed by atoms with E-state index in [0.29, 0.717) is 40.0 Å². The summed E-state index contributed by atoms with van der Waals surface area (Å²) in [5, 5.41) is 7.02. The second-order valence-electron chi connectivity index (χ2n) is 8.08. The van der Waals surface area contributed by atoms with Crippen LogP contribution in [0.15, 0.2) is 48.5 Å². The topological polar surface area (TPSA) is 106 Å². The van der Waals surface area contributed by atoms with Crippen molar-refractivity contribution in [1.29, 1.82) is 0 Å². The average Bonchev–Trinajstić information content (AvgIpc) is 3.39. The summed E-state index contributed by atoms with van der Waals surface area (Å²) in [4.78, 5) is 17.5. The Labute approximate surface area is 223 Å². The Hall–Kier alpha value is -4.87. The molecule has 1 aromatic heterocycles. The van der Waals surface area contributed by atoms with Crippen LogP contribution in [0.4, 0.5) is 8.78 Å². The van der Waals surface area contributed by atoms with Gasteiger partial charge in [0.15, 0.2) is 28.8 Å². The van der Waals surface area contributed by atoms with Gasteiger partial charge in [0.2, 0.25) is 11.6 Å². The number of hydrogen-bond acceptors (Lipinski definition) is 8. The van der Waals surface area contributed by atoms with Crippen molar-refractivity contribution in [3.8, 4) is 45.8 Å². The zero-order valence-corrected chi connectivity index (χ0v) is 21.9. The molecule has 0 atom stereocenters. The van der Waals surface area contributed by atoms with E-state index in [2.05, 4.69) is 15.4 Å². The summed E-state index contributed by atoms with van der Waals surface area (Å²) in [7, 11) is 7.46. The first-order chi connectivity index (χ1) is 18.8. The minimum atomic E-state index is -0.750. The summed E-state index contributed by atoms with van der Waals surface area (Å²) in [5.74, 6) is -0.0422. The first-order valence-corrected chi connectivity index (χ1v) is 11.5. The fourth-order valence-electron chi connectivity index (χ4n) is 3.92. The Bertz CT molecular complexity index is 1460. The second-order valence-corrected chi connectivity index (χ2v) is 8.08. The Kier molecular flexibility index (Phi) is 8.13. The molecule has 0 spiro atoms. The van der Waals surface area contributed by atoms with Crippen LogP contribution >= 0.6 is 0 Å². The quantitative estimate of drug-likeness (QED) is 0.319. The molecule has 0 unspecified atom stereocenters. The lowest BCUT2D eigenvalue weighted by atomic mass is 10.1. The minimum Gasteiger partial charge on any atom is -0.493 e. The van der Waals surface area contributed by atoms with Crippen molar-refractivity contribution in [3.63, 3.8) is 0 Å². The molecule has 4 aromatic rings. The van der Waals surface area contributed by atoms with Gasteiger partial charge in [-0.15, -0.1) is 5.10 Å². The van der Waals surface area contributed by atoms with Crippen LogP contribution in [0.2, 0.25) is 0 Å². The number of halogens is 2. The molecule has 0 aliphatic carbocycles. The van der Waals surface area contributed by atoms with Crippen LogP contribution in [0, 0.1) is 11.6 Å². The number of amides is 1. The minimum absolute atomic E-state index is 0.141. The van der Waals surface area contributed by atoms with E-state index < -0.39 is 17.5 Å². The SMILES string of the molecule is COc1ccc(-n2nc(C(=O)NCc3cc(F)cc(F)c3)nc2-c2cc(OC)c(OC)c(OC)c2)cc1OC. The van der Waals surface area contributed by atoms with E-state index in [0.717, 1.165) is 18.2 Å². The number of hydrogen-bond donors (Lipinski definition) is 1. The third-order valence-corrected chi connectivity index (χ3v) is 5.72. The highest BCUT2D eigenvalue weighted by molar-refractivity contribution is 5.91. The van der Waals surface area contributed by atoms with E-state index in [1.807, 2.05) is 0 Å². The first-order valence-electron chi connectivity index (χ1n) is 11.5. The normalized spacial score (nSPS) is 10.6. The molecule has 1 amide bonds. The van der Waals surface area contributed by atoms with E-state index in [4.69, 9.17) is 23.7 Å². The van der Waals surface area contributed by atoms with Crippen molar-refractivity contribution in [2.24, 2.45) is 0 Å². The largest absolute Gasteiger partial charge is 0.493 e. The van der Waals surface area contributed by atoms with Crippen molar-refractivity contribution >= 4 is 5.91 Å². The van der Waals surface area contributed by atoms with Crippen molar-refractivity contribution in [2.75, 3.05) is 35.5 Å². The van der Waals surface area contributed by atoms with E-state index in [1.165, 1.54) is 40.2 Å². The Balaban J connectivity index is 1.80. The van der Waals surface area contributed by atoms with Gasteiger partial charge in [0.05, 0.1) is 41.2 Å². The third-order valence-electron chi connectivity index (χ3n) is 5.72. The van der Waals surface area contributed by atoms with Gasteiger partial charge in [-0.2, -0.15) is 0 Å². The van der Waals surface area contributed by atoms with Crippen molar-refractivity contribution in [2.45, 2.75) is 6.54 Å². The van der Waals surface area contributed by atoms with Crippen LogP contribution in [0.3, 0.4) is 0 Å². The highest BCUT2D eigenvalue weighted by Gasteiger charge is 2.23. The van der Waals surface area contributed by atoms with Crippen LogP contribution in [-0.2, 0) is 6.54 Å². The van der Waals surface area contributed by atoms with Crippen LogP contribution in [-0.4, -0.2) is 56.2 Å². The standard InChI is InChI=1S/C27H26F2N4O6/c1-35-20-7-6-19(13-21(20)36-2)33-26(16-10-22(37-3)24(39-5)23(11-16)38-4)31-25(32-33)27(34)30-14-15-8-17(28)12-18(29)9-15/h6-13H,14H2,1-5H3,(H,30,34). The van der Waals surface area contributed by atoms with E-state index >= 15 is 0 Å². The molecule has 0 aliphatic heterocycles. The summed E-state index contributed by atoms with van der Waals surface area (Å²) in [6.45, 7) is -0.141. The van der Waals surface area contributed by atoms with E-state index in [-0.39, 0.29) is 23.8 Å². The molecular formula is C27H26F2N4O6. The molecule has 0 radical (unpaired) electrons. The Morgan fingerprint density at radius 1 is 0.795 bits per heavy atom. The van der Waals surface area contributed by atoms with Crippen molar-refractivity contribution < 1.29 is 37.3 Å². The van der Waals surface area contributed by atoms with E-state index in [1.54, 1.807) is 30.3 Å². The number of aromatic nitrogens is 3. The monoisotopic (exact) mass is 540 g/mol. The number of rotatable bonds is 10. The first kappa shape index (κ1) is 27.2. The zero-order valence-electron chi connectivity index (χ0n) is 21.9. The summed E-state index contributed by atoms with van der Waals surface area (Å²) >= 11 is 0. The molecule has 0 bridgehead atoms. The molecule has 3 aromatic carbocycles. The molecule has 10 nitrogen and oxygen atoms in total. The molecule has 1 heterocycles. The van der Waals surface area contributed by atoms with Crippen LogP contribution in [0.1, 0.15) is 16.2 Å². The summed E-state index contributed by atoms with van der Waals surface area (Å²) in [6, 6.07) is 11.4. The molecule has 204 valence electrons. The predicted molar refractivity (Wildman–Crippen MR) is 137 cm³/mol. The van der Waals surface area contributed by atoms with Crippen molar-refractivity contribution in [1.82, 2.24) is 20.1 Å². The summed E-state index contributed by atoms with van der Waals surface area (Å²) in [5.41, 5.74) is 1.25. The van der Waals surface area contributed by atoms with Crippen LogP contribution in [0.5, 0.6) is 28.7 Å². The molecule has 39 heavy (non-hydrogen) atoms. The van der Waals surface area contributed by atoms with Gasteiger partial charge in [0, 0.05) is 24.2 Å². The number of benzene rings is 3.